The van der Waals surface area contributed by atoms with E-state index in [1.165, 1.54) is 6.26 Å². The lowest BCUT2D eigenvalue weighted by Crippen LogP contribution is -2.36. The van der Waals surface area contributed by atoms with Crippen molar-refractivity contribution in [2.45, 2.75) is 39.7 Å². The Morgan fingerprint density at radius 2 is 2.24 bits per heavy atom. The fraction of sp³-hybridized carbons (Fsp3) is 0.438. The highest BCUT2D eigenvalue weighted by molar-refractivity contribution is 9.10. The molecule has 0 saturated heterocycles. The topological polar surface area (TPSA) is 55.4 Å². The third-order valence-corrected chi connectivity index (χ3v) is 4.52. The zero-order valence-corrected chi connectivity index (χ0v) is 13.9. The molecule has 2 heterocycles. The summed E-state index contributed by atoms with van der Waals surface area (Å²) in [5, 5.41) is 3.10. The normalized spacial score (nSPS) is 20.1. The molecule has 1 amide bonds. The van der Waals surface area contributed by atoms with Gasteiger partial charge >= 0.3 is 0 Å². The molecule has 5 heteroatoms. The van der Waals surface area contributed by atoms with Crippen LogP contribution in [0.5, 0.6) is 0 Å². The molecular weight excluding hydrogens is 334 g/mol. The van der Waals surface area contributed by atoms with Crippen molar-refractivity contribution in [1.82, 2.24) is 5.32 Å². The van der Waals surface area contributed by atoms with Gasteiger partial charge in [-0.05, 0) is 46.8 Å². The predicted molar refractivity (Wildman–Crippen MR) is 82.2 cm³/mol. The van der Waals surface area contributed by atoms with Crippen LogP contribution in [-0.2, 0) is 6.42 Å². The summed E-state index contributed by atoms with van der Waals surface area (Å²) in [6.45, 7) is 6.33. The number of fused-ring (bicyclic) bond motifs is 1. The number of rotatable bonds is 2. The molecule has 1 unspecified atom stereocenters. The monoisotopic (exact) mass is 351 g/mol. The van der Waals surface area contributed by atoms with Gasteiger partial charge in [-0.2, -0.15) is 0 Å². The molecule has 4 nitrogen and oxygen atoms in total. The van der Waals surface area contributed by atoms with Crippen molar-refractivity contribution in [3.05, 3.63) is 45.7 Å². The molecule has 0 saturated carbocycles. The van der Waals surface area contributed by atoms with Gasteiger partial charge < -0.3 is 14.2 Å². The van der Waals surface area contributed by atoms with E-state index < -0.39 is 0 Å². The highest BCUT2D eigenvalue weighted by atomic mass is 79.9. The second kappa shape index (κ2) is 5.05. The number of furan rings is 2. The molecule has 0 fully saturated rings. The maximum absolute atomic E-state index is 12.4. The number of carbonyl (C=O) groups excluding carboxylic acids is 1. The fourth-order valence-corrected chi connectivity index (χ4v) is 3.43. The first-order valence-corrected chi connectivity index (χ1v) is 7.78. The number of hydrogen-bond acceptors (Lipinski definition) is 3. The van der Waals surface area contributed by atoms with Gasteiger partial charge in [0.15, 0.2) is 4.67 Å². The molecule has 1 N–H and O–H groups in total. The van der Waals surface area contributed by atoms with Crippen LogP contribution in [0.2, 0.25) is 0 Å². The van der Waals surface area contributed by atoms with Gasteiger partial charge in [0.05, 0.1) is 17.9 Å². The number of amides is 1. The second-order valence-corrected chi connectivity index (χ2v) is 7.13. The molecule has 3 rings (SSSR count). The van der Waals surface area contributed by atoms with Gasteiger partial charge in [-0.15, -0.1) is 0 Å². The Hall–Kier alpha value is -1.49. The molecule has 0 bridgehead atoms. The van der Waals surface area contributed by atoms with E-state index in [1.54, 1.807) is 6.07 Å². The molecule has 0 spiro atoms. The van der Waals surface area contributed by atoms with Gasteiger partial charge in [0.1, 0.15) is 11.5 Å². The van der Waals surface area contributed by atoms with E-state index in [4.69, 9.17) is 8.83 Å². The second-order valence-electron chi connectivity index (χ2n) is 6.41. The maximum Gasteiger partial charge on any atom is 0.256 e. The van der Waals surface area contributed by atoms with Gasteiger partial charge in [-0.25, -0.2) is 0 Å². The third-order valence-electron chi connectivity index (χ3n) is 3.90. The van der Waals surface area contributed by atoms with E-state index in [0.29, 0.717) is 10.2 Å². The van der Waals surface area contributed by atoms with Crippen LogP contribution < -0.4 is 5.32 Å². The smallest absolute Gasteiger partial charge is 0.256 e. The third kappa shape index (κ3) is 2.79. The number of nitrogens with one attached hydrogen (secondary N) is 1. The first-order valence-electron chi connectivity index (χ1n) is 6.99. The lowest BCUT2D eigenvalue weighted by atomic mass is 9.74. The lowest BCUT2D eigenvalue weighted by molar-refractivity contribution is 0.0915. The minimum atomic E-state index is -0.136. The van der Waals surface area contributed by atoms with Crippen LogP contribution in [-0.4, -0.2) is 5.91 Å². The van der Waals surface area contributed by atoms with Gasteiger partial charge in [-0.1, -0.05) is 13.8 Å². The maximum atomic E-state index is 12.4. The highest BCUT2D eigenvalue weighted by Gasteiger charge is 2.35. The van der Waals surface area contributed by atoms with E-state index in [9.17, 15) is 4.79 Å². The van der Waals surface area contributed by atoms with Crippen molar-refractivity contribution in [2.75, 3.05) is 0 Å². The van der Waals surface area contributed by atoms with Gasteiger partial charge in [-0.3, -0.25) is 4.79 Å². The summed E-state index contributed by atoms with van der Waals surface area (Å²) in [7, 11) is 0. The molecule has 1 atom stereocenters. The van der Waals surface area contributed by atoms with Crippen molar-refractivity contribution < 1.29 is 13.6 Å². The van der Waals surface area contributed by atoms with Crippen LogP contribution in [0.4, 0.5) is 0 Å². The molecule has 1 aliphatic carbocycles. The number of hydrogen-bond donors (Lipinski definition) is 1. The van der Waals surface area contributed by atoms with E-state index >= 15 is 0 Å². The largest absolute Gasteiger partial charge is 0.466 e. The van der Waals surface area contributed by atoms with Gasteiger partial charge in [0.2, 0.25) is 0 Å². The highest BCUT2D eigenvalue weighted by Crippen LogP contribution is 2.42. The van der Waals surface area contributed by atoms with E-state index in [2.05, 4.69) is 35.1 Å². The average Bonchev–Trinajstić information content (AvgIpc) is 2.93. The lowest BCUT2D eigenvalue weighted by Gasteiger charge is -2.34. The minimum absolute atomic E-state index is 0.0319. The predicted octanol–water partition coefficient (Wildman–Crippen LogP) is 4.39. The number of aryl methyl sites for hydroxylation is 1. The van der Waals surface area contributed by atoms with E-state index in [1.807, 2.05) is 13.0 Å². The first-order chi connectivity index (χ1) is 9.85. The summed E-state index contributed by atoms with van der Waals surface area (Å²) in [5.74, 6) is 1.74. The molecule has 2 aromatic rings. The first kappa shape index (κ1) is 14.4. The Bertz CT molecular complexity index is 684. The van der Waals surface area contributed by atoms with Crippen LogP contribution in [0.25, 0.3) is 0 Å². The number of halogens is 1. The molecule has 0 aromatic carbocycles. The Kier molecular flexibility index (Phi) is 3.48. The van der Waals surface area contributed by atoms with Crippen molar-refractivity contribution in [3.63, 3.8) is 0 Å². The summed E-state index contributed by atoms with van der Waals surface area (Å²) in [6.07, 6.45) is 3.29. The minimum Gasteiger partial charge on any atom is -0.466 e. The Labute approximate surface area is 132 Å². The van der Waals surface area contributed by atoms with Gasteiger partial charge in [0.25, 0.3) is 5.91 Å². The van der Waals surface area contributed by atoms with Crippen molar-refractivity contribution in [1.29, 1.82) is 0 Å². The van der Waals surface area contributed by atoms with Gasteiger partial charge in [0, 0.05) is 12.0 Å². The Morgan fingerprint density at radius 3 is 2.90 bits per heavy atom. The average molecular weight is 352 g/mol. The molecule has 0 radical (unpaired) electrons. The van der Waals surface area contributed by atoms with E-state index in [-0.39, 0.29) is 17.4 Å². The summed E-state index contributed by atoms with van der Waals surface area (Å²) in [6, 6.07) is 3.66. The number of carbonyl (C=O) groups is 1. The van der Waals surface area contributed by atoms with Crippen molar-refractivity contribution >= 4 is 21.8 Å². The molecule has 0 aliphatic heterocycles. The summed E-state index contributed by atoms with van der Waals surface area (Å²) in [5.41, 5.74) is 1.71. The molecule has 1 aliphatic rings. The van der Waals surface area contributed by atoms with Crippen LogP contribution in [0.1, 0.15) is 53.8 Å². The molecule has 2 aromatic heterocycles. The van der Waals surface area contributed by atoms with Crippen molar-refractivity contribution in [2.24, 2.45) is 5.41 Å². The quantitative estimate of drug-likeness (QED) is 0.872. The van der Waals surface area contributed by atoms with E-state index in [0.717, 1.165) is 29.9 Å². The van der Waals surface area contributed by atoms with Crippen LogP contribution in [0.3, 0.4) is 0 Å². The van der Waals surface area contributed by atoms with Crippen molar-refractivity contribution in [3.8, 4) is 0 Å². The fourth-order valence-electron chi connectivity index (χ4n) is 3.01. The summed E-state index contributed by atoms with van der Waals surface area (Å²) >= 11 is 3.24. The van der Waals surface area contributed by atoms with Crippen LogP contribution in [0, 0.1) is 12.3 Å². The SMILES string of the molecule is Cc1cc2c(o1)CC(C)(C)CC2NC(=O)c1ccoc1Br. The summed E-state index contributed by atoms with van der Waals surface area (Å²) < 4.78 is 11.4. The molecule has 21 heavy (non-hydrogen) atoms. The summed E-state index contributed by atoms with van der Waals surface area (Å²) in [4.78, 5) is 12.4. The zero-order valence-electron chi connectivity index (χ0n) is 12.3. The van der Waals surface area contributed by atoms with Crippen LogP contribution in [0.15, 0.2) is 31.9 Å². The Balaban J connectivity index is 1.88. The standard InChI is InChI=1S/C16H18BrNO3/c1-9-6-11-12(7-16(2,3)8-13(11)21-9)18-15(19)10-4-5-20-14(10)17/h4-6,12H,7-8H2,1-3H3,(H,18,19). The van der Waals surface area contributed by atoms with Crippen LogP contribution >= 0.6 is 15.9 Å². The molecular formula is C16H18BrNO3. The Morgan fingerprint density at radius 1 is 1.48 bits per heavy atom. The zero-order chi connectivity index (χ0) is 15.2. The molecule has 112 valence electrons.